The summed E-state index contributed by atoms with van der Waals surface area (Å²) in [6.07, 6.45) is 0. The summed E-state index contributed by atoms with van der Waals surface area (Å²) < 4.78 is 19.0. The molecule has 0 radical (unpaired) electrons. The monoisotopic (exact) mass is 225 g/mol. The molecule has 0 aliphatic carbocycles. The summed E-state index contributed by atoms with van der Waals surface area (Å²) in [7, 11) is 0. The Morgan fingerprint density at radius 2 is 2.38 bits per heavy atom. The number of rotatable bonds is 1. The lowest BCUT2D eigenvalue weighted by molar-refractivity contribution is 0.0695. The minimum Gasteiger partial charge on any atom is -0.492 e. The van der Waals surface area contributed by atoms with Gasteiger partial charge in [-0.1, -0.05) is 0 Å². The molecule has 0 aromatic heterocycles. The van der Waals surface area contributed by atoms with Gasteiger partial charge in [-0.3, -0.25) is 0 Å². The molecule has 0 amide bonds. The van der Waals surface area contributed by atoms with E-state index >= 15 is 0 Å². The van der Waals surface area contributed by atoms with Gasteiger partial charge in [-0.2, -0.15) is 0 Å². The lowest BCUT2D eigenvalue weighted by Gasteiger charge is -2.09. The molecule has 0 unspecified atom stereocenters. The second-order valence-electron chi connectivity index (χ2n) is 3.83. The number of aromatic carboxylic acids is 1. The van der Waals surface area contributed by atoms with E-state index in [0.29, 0.717) is 24.5 Å². The quantitative estimate of drug-likeness (QED) is 0.758. The highest BCUT2D eigenvalue weighted by atomic mass is 19.1. The highest BCUT2D eigenvalue weighted by molar-refractivity contribution is 5.88. The molecule has 2 rings (SSSR count). The van der Waals surface area contributed by atoms with E-state index in [2.05, 4.69) is 5.32 Å². The van der Waals surface area contributed by atoms with E-state index in [9.17, 15) is 9.18 Å². The van der Waals surface area contributed by atoms with Gasteiger partial charge < -0.3 is 15.2 Å². The third-order valence-electron chi connectivity index (χ3n) is 2.52. The molecule has 0 fully saturated rings. The van der Waals surface area contributed by atoms with E-state index in [1.807, 2.05) is 6.92 Å². The number of carboxylic acid groups (broad SMARTS) is 1. The Kier molecular flexibility index (Phi) is 2.78. The molecule has 0 spiro atoms. The van der Waals surface area contributed by atoms with Gasteiger partial charge in [0.15, 0.2) is 0 Å². The molecular formula is C11H12FNO3. The van der Waals surface area contributed by atoms with Crippen LogP contribution in [0.3, 0.4) is 0 Å². The third-order valence-corrected chi connectivity index (χ3v) is 2.52. The van der Waals surface area contributed by atoms with Gasteiger partial charge in [0.05, 0.1) is 5.56 Å². The van der Waals surface area contributed by atoms with Gasteiger partial charge in [-0.05, 0) is 19.1 Å². The van der Waals surface area contributed by atoms with Crippen LogP contribution in [-0.4, -0.2) is 23.7 Å². The fraction of sp³-hybridized carbons (Fsp3) is 0.364. The van der Waals surface area contributed by atoms with Crippen molar-refractivity contribution < 1.29 is 19.0 Å². The van der Waals surface area contributed by atoms with Crippen LogP contribution in [0.2, 0.25) is 0 Å². The molecule has 1 aliphatic heterocycles. The zero-order chi connectivity index (χ0) is 11.7. The number of benzene rings is 1. The van der Waals surface area contributed by atoms with Crippen molar-refractivity contribution >= 4 is 5.97 Å². The number of hydrogen-bond donors (Lipinski definition) is 2. The molecular weight excluding hydrogens is 213 g/mol. The maximum atomic E-state index is 13.6. The van der Waals surface area contributed by atoms with Crippen LogP contribution in [-0.2, 0) is 6.54 Å². The van der Waals surface area contributed by atoms with E-state index in [1.54, 1.807) is 0 Å². The van der Waals surface area contributed by atoms with Gasteiger partial charge in [0.2, 0.25) is 0 Å². The predicted octanol–water partition coefficient (Wildman–Crippen LogP) is 1.39. The smallest absolute Gasteiger partial charge is 0.335 e. The summed E-state index contributed by atoms with van der Waals surface area (Å²) >= 11 is 0. The first kappa shape index (κ1) is 10.9. The fourth-order valence-corrected chi connectivity index (χ4v) is 1.59. The molecule has 1 aromatic carbocycles. The van der Waals surface area contributed by atoms with Crippen LogP contribution in [0.4, 0.5) is 4.39 Å². The van der Waals surface area contributed by atoms with Gasteiger partial charge in [0.1, 0.15) is 18.2 Å². The molecule has 1 aromatic rings. The summed E-state index contributed by atoms with van der Waals surface area (Å²) in [6, 6.07) is 2.49. The first-order chi connectivity index (χ1) is 7.58. The van der Waals surface area contributed by atoms with Crippen LogP contribution >= 0.6 is 0 Å². The molecule has 1 aliphatic rings. The molecule has 4 nitrogen and oxygen atoms in total. The summed E-state index contributed by atoms with van der Waals surface area (Å²) in [4.78, 5) is 10.8. The third kappa shape index (κ3) is 1.99. The van der Waals surface area contributed by atoms with E-state index in [1.165, 1.54) is 6.07 Å². The highest BCUT2D eigenvalue weighted by Gasteiger charge is 2.19. The predicted molar refractivity (Wildman–Crippen MR) is 55.2 cm³/mol. The standard InChI is InChI=1S/C11H12FNO3/c1-6-5-16-10-3-7(11(14)15)2-9(12)8(10)4-13-6/h2-3,6,13H,4-5H2,1H3,(H,14,15)/t6-/m0/s1. The van der Waals surface area contributed by atoms with Crippen molar-refractivity contribution in [3.8, 4) is 5.75 Å². The number of nitrogens with one attached hydrogen (secondary N) is 1. The topological polar surface area (TPSA) is 58.6 Å². The maximum Gasteiger partial charge on any atom is 0.335 e. The molecule has 86 valence electrons. The number of fused-ring (bicyclic) bond motifs is 1. The summed E-state index contributed by atoms with van der Waals surface area (Å²) in [5, 5.41) is 11.9. The van der Waals surface area contributed by atoms with Gasteiger partial charge in [0, 0.05) is 18.2 Å². The normalized spacial score (nSPS) is 19.5. The van der Waals surface area contributed by atoms with Crippen molar-refractivity contribution in [3.63, 3.8) is 0 Å². The van der Waals surface area contributed by atoms with Crippen LogP contribution in [0.5, 0.6) is 5.75 Å². The number of hydrogen-bond acceptors (Lipinski definition) is 3. The van der Waals surface area contributed by atoms with Crippen LogP contribution in [0.15, 0.2) is 12.1 Å². The highest BCUT2D eigenvalue weighted by Crippen LogP contribution is 2.26. The largest absolute Gasteiger partial charge is 0.492 e. The Balaban J connectivity index is 2.43. The second kappa shape index (κ2) is 4.09. The SMILES string of the molecule is C[C@H]1COc2cc(C(=O)O)cc(F)c2CN1. The summed E-state index contributed by atoms with van der Waals surface area (Å²) in [5.74, 6) is -1.39. The van der Waals surface area contributed by atoms with Crippen LogP contribution < -0.4 is 10.1 Å². The van der Waals surface area contributed by atoms with E-state index in [-0.39, 0.29) is 11.6 Å². The fourth-order valence-electron chi connectivity index (χ4n) is 1.59. The molecule has 1 atom stereocenters. The van der Waals surface area contributed by atoms with Crippen molar-refractivity contribution in [1.82, 2.24) is 5.32 Å². The van der Waals surface area contributed by atoms with E-state index in [0.717, 1.165) is 6.07 Å². The van der Waals surface area contributed by atoms with Gasteiger partial charge in [0.25, 0.3) is 0 Å². The minimum atomic E-state index is -1.16. The molecule has 0 saturated carbocycles. The zero-order valence-corrected chi connectivity index (χ0v) is 8.79. The van der Waals surface area contributed by atoms with Gasteiger partial charge in [-0.15, -0.1) is 0 Å². The minimum absolute atomic E-state index is 0.0918. The summed E-state index contributed by atoms with van der Waals surface area (Å²) in [5.41, 5.74) is 0.292. The van der Waals surface area contributed by atoms with Crippen molar-refractivity contribution in [1.29, 1.82) is 0 Å². The second-order valence-corrected chi connectivity index (χ2v) is 3.83. The van der Waals surface area contributed by atoms with Crippen molar-refractivity contribution in [3.05, 3.63) is 29.1 Å². The lowest BCUT2D eigenvalue weighted by atomic mass is 10.1. The Bertz CT molecular complexity index is 433. The molecule has 16 heavy (non-hydrogen) atoms. The maximum absolute atomic E-state index is 13.6. The average molecular weight is 225 g/mol. The van der Waals surface area contributed by atoms with E-state index < -0.39 is 11.8 Å². The number of ether oxygens (including phenoxy) is 1. The Morgan fingerprint density at radius 1 is 1.62 bits per heavy atom. The van der Waals surface area contributed by atoms with Gasteiger partial charge in [-0.25, -0.2) is 9.18 Å². The van der Waals surface area contributed by atoms with Gasteiger partial charge >= 0.3 is 5.97 Å². The first-order valence-corrected chi connectivity index (χ1v) is 5.00. The molecule has 0 saturated heterocycles. The number of carbonyl (C=O) groups is 1. The van der Waals surface area contributed by atoms with Crippen molar-refractivity contribution in [2.24, 2.45) is 0 Å². The molecule has 1 heterocycles. The molecule has 2 N–H and O–H groups in total. The van der Waals surface area contributed by atoms with Crippen LogP contribution in [0, 0.1) is 5.82 Å². The average Bonchev–Trinajstić information content (AvgIpc) is 2.41. The Labute approximate surface area is 92.0 Å². The number of halogens is 1. The Hall–Kier alpha value is -1.62. The van der Waals surface area contributed by atoms with E-state index in [4.69, 9.17) is 9.84 Å². The van der Waals surface area contributed by atoms with Crippen LogP contribution in [0.1, 0.15) is 22.8 Å². The van der Waals surface area contributed by atoms with Crippen LogP contribution in [0.25, 0.3) is 0 Å². The zero-order valence-electron chi connectivity index (χ0n) is 8.79. The van der Waals surface area contributed by atoms with Crippen molar-refractivity contribution in [2.45, 2.75) is 19.5 Å². The number of carboxylic acids is 1. The first-order valence-electron chi connectivity index (χ1n) is 5.00. The Morgan fingerprint density at radius 3 is 3.06 bits per heavy atom. The summed E-state index contributed by atoms with van der Waals surface area (Å²) in [6.45, 7) is 2.67. The lowest BCUT2D eigenvalue weighted by Crippen LogP contribution is -2.28. The molecule has 0 bridgehead atoms. The molecule has 5 heteroatoms. The van der Waals surface area contributed by atoms with Crippen molar-refractivity contribution in [2.75, 3.05) is 6.61 Å².